The zero-order chi connectivity index (χ0) is 14.9. The van der Waals surface area contributed by atoms with Crippen LogP contribution in [0.3, 0.4) is 0 Å². The van der Waals surface area contributed by atoms with Gasteiger partial charge in [0.2, 0.25) is 0 Å². The fraction of sp³-hybridized carbons (Fsp3) is 0.294. The number of rotatable bonds is 2. The fourth-order valence-corrected chi connectivity index (χ4v) is 2.35. The standard InChI is InChI=1S/C17H18Cl2O/c1-17(2,3)13-7-4-11(5-8-13)16(20)12-6-9-14(18)15(19)10-12/h4-10,16,20H,1-3H3. The third kappa shape index (κ3) is 3.35. The molecule has 0 saturated heterocycles. The van der Waals surface area contributed by atoms with Gasteiger partial charge in [-0.05, 0) is 34.2 Å². The summed E-state index contributed by atoms with van der Waals surface area (Å²) >= 11 is 11.9. The average molecular weight is 309 g/mol. The van der Waals surface area contributed by atoms with Crippen molar-refractivity contribution in [2.24, 2.45) is 0 Å². The smallest absolute Gasteiger partial charge is 0.104 e. The van der Waals surface area contributed by atoms with Crippen molar-refractivity contribution < 1.29 is 5.11 Å². The number of hydrogen-bond donors (Lipinski definition) is 1. The van der Waals surface area contributed by atoms with Crippen LogP contribution in [-0.4, -0.2) is 5.11 Å². The van der Waals surface area contributed by atoms with E-state index in [0.717, 1.165) is 11.1 Å². The molecule has 2 rings (SSSR count). The predicted molar refractivity (Wildman–Crippen MR) is 85.7 cm³/mol. The summed E-state index contributed by atoms with van der Waals surface area (Å²) in [4.78, 5) is 0. The molecule has 1 N–H and O–H groups in total. The first-order valence-electron chi connectivity index (χ1n) is 6.52. The monoisotopic (exact) mass is 308 g/mol. The Labute approximate surface area is 130 Å². The second kappa shape index (κ2) is 5.77. The molecule has 0 saturated carbocycles. The van der Waals surface area contributed by atoms with Crippen molar-refractivity contribution >= 4 is 23.2 Å². The molecule has 1 atom stereocenters. The summed E-state index contributed by atoms with van der Waals surface area (Å²) in [6.45, 7) is 6.49. The van der Waals surface area contributed by atoms with Crippen LogP contribution < -0.4 is 0 Å². The summed E-state index contributed by atoms with van der Waals surface area (Å²) < 4.78 is 0. The number of aliphatic hydroxyl groups excluding tert-OH is 1. The summed E-state index contributed by atoms with van der Waals surface area (Å²) in [6.07, 6.45) is -0.696. The van der Waals surface area contributed by atoms with Gasteiger partial charge < -0.3 is 5.11 Å². The lowest BCUT2D eigenvalue weighted by Crippen LogP contribution is -2.11. The second-order valence-corrected chi connectivity index (χ2v) is 6.76. The molecule has 0 amide bonds. The number of aliphatic hydroxyl groups is 1. The largest absolute Gasteiger partial charge is 0.384 e. The summed E-state index contributed by atoms with van der Waals surface area (Å²) in [5.74, 6) is 0. The van der Waals surface area contributed by atoms with E-state index in [2.05, 4.69) is 32.9 Å². The van der Waals surface area contributed by atoms with Crippen molar-refractivity contribution in [1.82, 2.24) is 0 Å². The third-order valence-corrected chi connectivity index (χ3v) is 4.09. The minimum Gasteiger partial charge on any atom is -0.384 e. The number of benzene rings is 2. The lowest BCUT2D eigenvalue weighted by molar-refractivity contribution is 0.220. The zero-order valence-corrected chi connectivity index (χ0v) is 13.3. The molecule has 0 aliphatic carbocycles. The summed E-state index contributed by atoms with van der Waals surface area (Å²) in [6, 6.07) is 13.2. The minimum absolute atomic E-state index is 0.104. The van der Waals surface area contributed by atoms with Gasteiger partial charge in [0, 0.05) is 0 Å². The van der Waals surface area contributed by atoms with E-state index in [0.29, 0.717) is 10.0 Å². The maximum absolute atomic E-state index is 10.4. The summed E-state index contributed by atoms with van der Waals surface area (Å²) in [5, 5.41) is 11.3. The number of halogens is 2. The van der Waals surface area contributed by atoms with Crippen molar-refractivity contribution in [3.8, 4) is 0 Å². The van der Waals surface area contributed by atoms with Gasteiger partial charge in [-0.3, -0.25) is 0 Å². The molecular weight excluding hydrogens is 291 g/mol. The van der Waals surface area contributed by atoms with Crippen LogP contribution in [0.5, 0.6) is 0 Å². The number of hydrogen-bond acceptors (Lipinski definition) is 1. The maximum Gasteiger partial charge on any atom is 0.104 e. The first-order chi connectivity index (χ1) is 9.29. The Kier molecular flexibility index (Phi) is 4.43. The van der Waals surface area contributed by atoms with E-state index < -0.39 is 6.10 Å². The van der Waals surface area contributed by atoms with Crippen molar-refractivity contribution in [1.29, 1.82) is 0 Å². The Hall–Kier alpha value is -1.02. The molecule has 3 heteroatoms. The van der Waals surface area contributed by atoms with Gasteiger partial charge in [-0.1, -0.05) is 74.3 Å². The molecule has 0 fully saturated rings. The molecule has 20 heavy (non-hydrogen) atoms. The molecular formula is C17H18Cl2O. The molecule has 1 unspecified atom stereocenters. The van der Waals surface area contributed by atoms with Crippen LogP contribution in [0.2, 0.25) is 10.0 Å². The highest BCUT2D eigenvalue weighted by molar-refractivity contribution is 6.42. The van der Waals surface area contributed by atoms with Crippen LogP contribution in [0.4, 0.5) is 0 Å². The highest BCUT2D eigenvalue weighted by Gasteiger charge is 2.16. The molecule has 1 nitrogen and oxygen atoms in total. The Morgan fingerprint density at radius 3 is 1.90 bits per heavy atom. The zero-order valence-electron chi connectivity index (χ0n) is 11.8. The average Bonchev–Trinajstić information content (AvgIpc) is 2.40. The lowest BCUT2D eigenvalue weighted by atomic mass is 9.86. The van der Waals surface area contributed by atoms with Crippen LogP contribution >= 0.6 is 23.2 Å². The van der Waals surface area contributed by atoms with E-state index in [1.807, 2.05) is 12.1 Å². The summed E-state index contributed by atoms with van der Waals surface area (Å²) in [5.41, 5.74) is 2.93. The molecule has 0 aliphatic rings. The normalized spacial score (nSPS) is 13.3. The third-order valence-electron chi connectivity index (χ3n) is 3.35. The van der Waals surface area contributed by atoms with E-state index in [-0.39, 0.29) is 5.41 Å². The molecule has 0 heterocycles. The van der Waals surface area contributed by atoms with Gasteiger partial charge in [0.15, 0.2) is 0 Å². The van der Waals surface area contributed by atoms with Crippen LogP contribution in [0.25, 0.3) is 0 Å². The molecule has 0 aromatic heterocycles. The highest BCUT2D eigenvalue weighted by atomic mass is 35.5. The van der Waals surface area contributed by atoms with E-state index in [1.165, 1.54) is 5.56 Å². The molecule has 0 radical (unpaired) electrons. The van der Waals surface area contributed by atoms with Crippen molar-refractivity contribution in [2.45, 2.75) is 32.3 Å². The van der Waals surface area contributed by atoms with Gasteiger partial charge in [-0.25, -0.2) is 0 Å². The quantitative estimate of drug-likeness (QED) is 0.790. The summed E-state index contributed by atoms with van der Waals surface area (Å²) in [7, 11) is 0. The Morgan fingerprint density at radius 1 is 0.850 bits per heavy atom. The second-order valence-electron chi connectivity index (χ2n) is 5.95. The molecule has 0 spiro atoms. The maximum atomic E-state index is 10.4. The van der Waals surface area contributed by atoms with E-state index in [9.17, 15) is 5.11 Å². The molecule has 2 aromatic carbocycles. The van der Waals surface area contributed by atoms with Gasteiger partial charge in [0.05, 0.1) is 10.0 Å². The van der Waals surface area contributed by atoms with Crippen molar-refractivity contribution in [3.63, 3.8) is 0 Å². The van der Waals surface area contributed by atoms with Crippen molar-refractivity contribution in [3.05, 3.63) is 69.2 Å². The lowest BCUT2D eigenvalue weighted by Gasteiger charge is -2.20. The SMILES string of the molecule is CC(C)(C)c1ccc(C(O)c2ccc(Cl)c(Cl)c2)cc1. The van der Waals surface area contributed by atoms with Gasteiger partial charge in [-0.2, -0.15) is 0 Å². The Bertz CT molecular complexity index is 597. The van der Waals surface area contributed by atoms with E-state index in [1.54, 1.807) is 18.2 Å². The Morgan fingerprint density at radius 2 is 1.40 bits per heavy atom. The minimum atomic E-state index is -0.696. The van der Waals surface area contributed by atoms with E-state index >= 15 is 0 Å². The van der Waals surface area contributed by atoms with Crippen LogP contribution in [0.1, 0.15) is 43.6 Å². The van der Waals surface area contributed by atoms with Gasteiger partial charge in [-0.15, -0.1) is 0 Å². The van der Waals surface area contributed by atoms with Gasteiger partial charge in [0.25, 0.3) is 0 Å². The van der Waals surface area contributed by atoms with Crippen LogP contribution in [0, 0.1) is 0 Å². The predicted octanol–water partition coefficient (Wildman–Crippen LogP) is 5.37. The van der Waals surface area contributed by atoms with Gasteiger partial charge in [0.1, 0.15) is 6.10 Å². The highest BCUT2D eigenvalue weighted by Crippen LogP contribution is 2.30. The molecule has 106 valence electrons. The van der Waals surface area contributed by atoms with Crippen LogP contribution in [0.15, 0.2) is 42.5 Å². The van der Waals surface area contributed by atoms with Crippen LogP contribution in [-0.2, 0) is 5.41 Å². The molecule has 2 aromatic rings. The topological polar surface area (TPSA) is 20.2 Å². The van der Waals surface area contributed by atoms with Crippen molar-refractivity contribution in [2.75, 3.05) is 0 Å². The van der Waals surface area contributed by atoms with E-state index in [4.69, 9.17) is 23.2 Å². The first kappa shape index (κ1) is 15.4. The molecule has 0 bridgehead atoms. The fourth-order valence-electron chi connectivity index (χ4n) is 2.04. The Balaban J connectivity index is 2.29. The first-order valence-corrected chi connectivity index (χ1v) is 7.28. The molecule has 0 aliphatic heterocycles. The van der Waals surface area contributed by atoms with Gasteiger partial charge >= 0.3 is 0 Å².